The molecule has 1 aliphatic heterocycles. The molecule has 1 aliphatic rings. The predicted molar refractivity (Wildman–Crippen MR) is 89.4 cm³/mol. The van der Waals surface area contributed by atoms with Crippen LogP contribution in [0.1, 0.15) is 27.2 Å². The van der Waals surface area contributed by atoms with Gasteiger partial charge >= 0.3 is 0 Å². The highest BCUT2D eigenvalue weighted by molar-refractivity contribution is 5.95. The smallest absolute Gasteiger partial charge is 0.231 e. The van der Waals surface area contributed by atoms with Gasteiger partial charge in [-0.3, -0.25) is 9.69 Å². The molecule has 0 saturated carbocycles. The molecule has 0 radical (unpaired) electrons. The number of hydrogen-bond donors (Lipinski definition) is 1. The summed E-state index contributed by atoms with van der Waals surface area (Å²) in [5.41, 5.74) is 1.40. The zero-order valence-corrected chi connectivity index (χ0v) is 13.9. The van der Waals surface area contributed by atoms with Gasteiger partial charge in [-0.25, -0.2) is 9.67 Å². The van der Waals surface area contributed by atoms with E-state index in [0.29, 0.717) is 6.04 Å². The normalized spacial score (nSPS) is 21.7. The van der Waals surface area contributed by atoms with Crippen LogP contribution in [-0.2, 0) is 4.79 Å². The molecule has 122 valence electrons. The summed E-state index contributed by atoms with van der Waals surface area (Å²) in [7, 11) is 0. The Morgan fingerprint density at radius 1 is 1.30 bits per heavy atom. The van der Waals surface area contributed by atoms with Crippen molar-refractivity contribution in [3.05, 3.63) is 36.9 Å². The summed E-state index contributed by atoms with van der Waals surface area (Å²) in [4.78, 5) is 18.9. The molecular weight excluding hydrogens is 290 g/mol. The number of nitrogens with zero attached hydrogens (tertiary/aromatic N) is 4. The molecule has 2 heterocycles. The quantitative estimate of drug-likeness (QED) is 0.941. The number of likely N-dealkylation sites (tertiary alicyclic amines) is 1. The zero-order valence-electron chi connectivity index (χ0n) is 13.9. The van der Waals surface area contributed by atoms with Crippen molar-refractivity contribution in [2.45, 2.75) is 33.2 Å². The lowest BCUT2D eigenvalue weighted by molar-refractivity contribution is -0.124. The minimum Gasteiger partial charge on any atom is -0.326 e. The number of benzene rings is 1. The monoisotopic (exact) mass is 313 g/mol. The van der Waals surface area contributed by atoms with Gasteiger partial charge in [0.15, 0.2) is 0 Å². The van der Waals surface area contributed by atoms with Crippen LogP contribution in [0.2, 0.25) is 0 Å². The number of carbonyl (C=O) groups is 1. The van der Waals surface area contributed by atoms with Crippen molar-refractivity contribution in [3.63, 3.8) is 0 Å². The Hall–Kier alpha value is -2.21. The van der Waals surface area contributed by atoms with Crippen LogP contribution in [0, 0.1) is 5.41 Å². The van der Waals surface area contributed by atoms with Gasteiger partial charge in [-0.1, -0.05) is 0 Å². The summed E-state index contributed by atoms with van der Waals surface area (Å²) < 4.78 is 1.68. The van der Waals surface area contributed by atoms with Gasteiger partial charge in [0.1, 0.15) is 12.7 Å². The van der Waals surface area contributed by atoms with Crippen molar-refractivity contribution in [1.82, 2.24) is 19.7 Å². The van der Waals surface area contributed by atoms with Crippen molar-refractivity contribution in [2.75, 3.05) is 18.4 Å². The fraction of sp³-hybridized carbons (Fsp3) is 0.471. The van der Waals surface area contributed by atoms with Gasteiger partial charge in [-0.15, -0.1) is 0 Å². The molecule has 0 bridgehead atoms. The minimum atomic E-state index is -0.325. The first kappa shape index (κ1) is 15.7. The molecule has 1 amide bonds. The Balaban J connectivity index is 1.66. The third kappa shape index (κ3) is 3.27. The summed E-state index contributed by atoms with van der Waals surface area (Å²) in [6.45, 7) is 8.19. The van der Waals surface area contributed by atoms with Crippen LogP contribution >= 0.6 is 0 Å². The second kappa shape index (κ2) is 6.12. The van der Waals surface area contributed by atoms with E-state index >= 15 is 0 Å². The maximum absolute atomic E-state index is 12.7. The third-order valence-electron chi connectivity index (χ3n) is 4.59. The highest BCUT2D eigenvalue weighted by Crippen LogP contribution is 2.32. The molecule has 1 aromatic heterocycles. The number of rotatable bonds is 4. The molecule has 0 spiro atoms. The number of amides is 1. The van der Waals surface area contributed by atoms with E-state index < -0.39 is 0 Å². The summed E-state index contributed by atoms with van der Waals surface area (Å²) in [6.07, 6.45) is 4.04. The number of hydrogen-bond acceptors (Lipinski definition) is 4. The Morgan fingerprint density at radius 2 is 2.04 bits per heavy atom. The van der Waals surface area contributed by atoms with E-state index in [1.807, 2.05) is 24.3 Å². The maximum Gasteiger partial charge on any atom is 0.231 e. The van der Waals surface area contributed by atoms with Crippen LogP contribution in [0.3, 0.4) is 0 Å². The van der Waals surface area contributed by atoms with Gasteiger partial charge in [0.2, 0.25) is 5.91 Å². The number of anilines is 1. The largest absolute Gasteiger partial charge is 0.326 e. The van der Waals surface area contributed by atoms with E-state index in [1.165, 1.54) is 6.33 Å². The topological polar surface area (TPSA) is 63.1 Å². The summed E-state index contributed by atoms with van der Waals surface area (Å²) in [5, 5.41) is 7.13. The first-order chi connectivity index (χ1) is 11.0. The molecule has 1 saturated heterocycles. The molecule has 1 fully saturated rings. The first-order valence-electron chi connectivity index (χ1n) is 7.98. The van der Waals surface area contributed by atoms with E-state index in [2.05, 4.69) is 41.1 Å². The molecule has 2 aromatic rings. The van der Waals surface area contributed by atoms with Crippen LogP contribution in [0.4, 0.5) is 5.69 Å². The fourth-order valence-electron chi connectivity index (χ4n) is 2.94. The maximum atomic E-state index is 12.7. The van der Waals surface area contributed by atoms with Gasteiger partial charge < -0.3 is 5.32 Å². The van der Waals surface area contributed by atoms with Crippen LogP contribution in [0.5, 0.6) is 0 Å². The molecule has 1 atom stereocenters. The number of nitrogens with one attached hydrogen (secondary N) is 1. The standard InChI is InChI=1S/C17H23N5O/c1-13(2)21-9-8-17(3,10-21)16(23)20-14-4-6-15(7-5-14)22-12-18-11-19-22/h4-7,11-13H,8-10H2,1-3H3,(H,20,23). The van der Waals surface area contributed by atoms with Crippen LogP contribution < -0.4 is 5.32 Å². The summed E-state index contributed by atoms with van der Waals surface area (Å²) in [5.74, 6) is 0.0918. The number of carbonyl (C=O) groups excluding carboxylic acids is 1. The summed E-state index contributed by atoms with van der Waals surface area (Å²) >= 11 is 0. The highest BCUT2D eigenvalue weighted by atomic mass is 16.2. The molecule has 3 rings (SSSR count). The van der Waals surface area contributed by atoms with Crippen LogP contribution in [-0.4, -0.2) is 44.7 Å². The molecular formula is C17H23N5O. The van der Waals surface area contributed by atoms with Gasteiger partial charge in [-0.05, 0) is 58.0 Å². The van der Waals surface area contributed by atoms with Gasteiger partial charge in [0, 0.05) is 18.3 Å². The Bertz CT molecular complexity index is 665. The zero-order chi connectivity index (χ0) is 16.4. The SMILES string of the molecule is CC(C)N1CCC(C)(C(=O)Nc2ccc(-n3cncn3)cc2)C1. The van der Waals surface area contributed by atoms with Gasteiger partial charge in [-0.2, -0.15) is 5.10 Å². The Morgan fingerprint density at radius 3 is 2.61 bits per heavy atom. The fourth-order valence-corrected chi connectivity index (χ4v) is 2.94. The number of aromatic nitrogens is 3. The predicted octanol–water partition coefficient (Wildman–Crippen LogP) is 2.33. The molecule has 0 aliphatic carbocycles. The molecule has 6 heteroatoms. The highest BCUT2D eigenvalue weighted by Gasteiger charge is 2.40. The van der Waals surface area contributed by atoms with Gasteiger partial charge in [0.25, 0.3) is 0 Å². The lowest BCUT2D eigenvalue weighted by atomic mass is 9.88. The minimum absolute atomic E-state index is 0.0918. The first-order valence-corrected chi connectivity index (χ1v) is 7.98. The van der Waals surface area contributed by atoms with Crippen molar-refractivity contribution in [2.24, 2.45) is 5.41 Å². The van der Waals surface area contributed by atoms with E-state index in [1.54, 1.807) is 11.0 Å². The lowest BCUT2D eigenvalue weighted by Crippen LogP contribution is -2.38. The third-order valence-corrected chi connectivity index (χ3v) is 4.59. The van der Waals surface area contributed by atoms with E-state index in [0.717, 1.165) is 30.9 Å². The Kier molecular flexibility index (Phi) is 4.17. The van der Waals surface area contributed by atoms with Crippen molar-refractivity contribution in [1.29, 1.82) is 0 Å². The van der Waals surface area contributed by atoms with Crippen molar-refractivity contribution in [3.8, 4) is 5.69 Å². The van der Waals surface area contributed by atoms with E-state index in [9.17, 15) is 4.79 Å². The second-order valence-corrected chi connectivity index (χ2v) is 6.72. The van der Waals surface area contributed by atoms with Crippen molar-refractivity contribution >= 4 is 11.6 Å². The molecule has 23 heavy (non-hydrogen) atoms. The molecule has 1 aromatic carbocycles. The van der Waals surface area contributed by atoms with Crippen LogP contribution in [0.15, 0.2) is 36.9 Å². The molecule has 1 unspecified atom stereocenters. The lowest BCUT2D eigenvalue weighted by Gasteiger charge is -2.25. The summed E-state index contributed by atoms with van der Waals surface area (Å²) in [6, 6.07) is 8.11. The molecule has 6 nitrogen and oxygen atoms in total. The Labute approximate surface area is 136 Å². The molecule has 1 N–H and O–H groups in total. The average molecular weight is 313 g/mol. The van der Waals surface area contributed by atoms with Crippen LogP contribution in [0.25, 0.3) is 5.69 Å². The van der Waals surface area contributed by atoms with Gasteiger partial charge in [0.05, 0.1) is 11.1 Å². The average Bonchev–Trinajstić information content (AvgIpc) is 3.18. The van der Waals surface area contributed by atoms with E-state index in [-0.39, 0.29) is 11.3 Å². The second-order valence-electron chi connectivity index (χ2n) is 6.72. The van der Waals surface area contributed by atoms with Crippen molar-refractivity contribution < 1.29 is 4.79 Å². The van der Waals surface area contributed by atoms with E-state index in [4.69, 9.17) is 0 Å².